The van der Waals surface area contributed by atoms with Gasteiger partial charge in [0.25, 0.3) is 5.91 Å². The molecule has 204 valence electrons. The molecule has 6 rings (SSSR count). The van der Waals surface area contributed by atoms with Crippen LogP contribution in [0.5, 0.6) is 0 Å². The maximum atomic E-state index is 13.7. The number of rotatable bonds is 7. The maximum Gasteiger partial charge on any atom is 0.257 e. The lowest BCUT2D eigenvalue weighted by atomic mass is 10.1. The van der Waals surface area contributed by atoms with Crippen molar-refractivity contribution in [2.45, 2.75) is 32.4 Å². The van der Waals surface area contributed by atoms with E-state index in [1.54, 1.807) is 66.2 Å². The van der Waals surface area contributed by atoms with Crippen LogP contribution >= 0.6 is 22.9 Å². The first kappa shape index (κ1) is 26.8. The number of hydrogen-bond donors (Lipinski definition) is 0. The second-order valence-electron chi connectivity index (χ2n) is 10.0. The second kappa shape index (κ2) is 11.2. The molecule has 41 heavy (non-hydrogen) atoms. The third kappa shape index (κ3) is 5.62. The largest absolute Gasteiger partial charge is 0.325 e. The van der Waals surface area contributed by atoms with Gasteiger partial charge in [-0.15, -0.1) is 11.3 Å². The fraction of sp³-hybridized carbons (Fsp3) is 0.156. The molecule has 5 aromatic rings. The summed E-state index contributed by atoms with van der Waals surface area (Å²) in [4.78, 5) is 52.0. The number of halogens is 1. The number of thiazole rings is 1. The van der Waals surface area contributed by atoms with Crippen molar-refractivity contribution in [3.8, 4) is 10.6 Å². The quantitative estimate of drug-likeness (QED) is 0.213. The summed E-state index contributed by atoms with van der Waals surface area (Å²) in [7, 11) is 0. The molecule has 1 unspecified atom stereocenters. The highest BCUT2D eigenvalue weighted by Crippen LogP contribution is 2.33. The Kier molecular flexibility index (Phi) is 7.34. The van der Waals surface area contributed by atoms with Crippen LogP contribution in [0.1, 0.15) is 23.1 Å². The molecule has 3 heterocycles. The van der Waals surface area contributed by atoms with E-state index in [0.29, 0.717) is 10.7 Å². The summed E-state index contributed by atoms with van der Waals surface area (Å²) >= 11 is 7.61. The maximum absolute atomic E-state index is 13.7. The lowest BCUT2D eigenvalue weighted by Gasteiger charge is -2.28. The minimum atomic E-state index is -0.922. The van der Waals surface area contributed by atoms with Gasteiger partial charge in [-0.25, -0.2) is 9.88 Å². The van der Waals surface area contributed by atoms with Crippen molar-refractivity contribution in [2.75, 3.05) is 4.90 Å². The van der Waals surface area contributed by atoms with Crippen molar-refractivity contribution in [2.24, 2.45) is 0 Å². The van der Waals surface area contributed by atoms with Gasteiger partial charge in [-0.05, 0) is 78.2 Å². The van der Waals surface area contributed by atoms with Crippen molar-refractivity contribution in [1.29, 1.82) is 0 Å². The van der Waals surface area contributed by atoms with E-state index in [-0.39, 0.29) is 31.2 Å². The number of carbonyl (C=O) groups is 3. The molecule has 7 nitrogen and oxygen atoms in total. The Morgan fingerprint density at radius 1 is 1.02 bits per heavy atom. The molecular formula is C32H25ClN4O3S. The summed E-state index contributed by atoms with van der Waals surface area (Å²) in [6.45, 7) is 2.21. The van der Waals surface area contributed by atoms with Crippen LogP contribution in [-0.4, -0.2) is 38.6 Å². The zero-order valence-corrected chi connectivity index (χ0v) is 23.7. The van der Waals surface area contributed by atoms with Crippen LogP contribution in [0.25, 0.3) is 20.8 Å². The number of aryl methyl sites for hydroxylation is 1. The van der Waals surface area contributed by atoms with Crippen molar-refractivity contribution >= 4 is 56.6 Å². The zero-order valence-electron chi connectivity index (χ0n) is 22.2. The molecule has 0 bridgehead atoms. The number of fused-ring (bicyclic) bond motifs is 1. The third-order valence-electron chi connectivity index (χ3n) is 7.08. The van der Waals surface area contributed by atoms with Gasteiger partial charge >= 0.3 is 0 Å². The van der Waals surface area contributed by atoms with Crippen molar-refractivity contribution in [3.63, 3.8) is 0 Å². The molecule has 0 aliphatic carbocycles. The summed E-state index contributed by atoms with van der Waals surface area (Å²) in [5.41, 5.74) is 5.02. The van der Waals surface area contributed by atoms with Crippen LogP contribution in [0.2, 0.25) is 5.02 Å². The number of pyridine rings is 1. The monoisotopic (exact) mass is 580 g/mol. The smallest absolute Gasteiger partial charge is 0.257 e. The predicted octanol–water partition coefficient (Wildman–Crippen LogP) is 6.22. The first-order valence-corrected chi connectivity index (χ1v) is 14.3. The third-order valence-corrected chi connectivity index (χ3v) is 8.40. The lowest BCUT2D eigenvalue weighted by molar-refractivity contribution is -0.138. The van der Waals surface area contributed by atoms with Gasteiger partial charge in [0.05, 0.1) is 28.7 Å². The van der Waals surface area contributed by atoms with E-state index in [0.717, 1.165) is 31.9 Å². The Balaban J connectivity index is 1.25. The number of imide groups is 1. The summed E-state index contributed by atoms with van der Waals surface area (Å²) in [5, 5.41) is 1.44. The van der Waals surface area contributed by atoms with Gasteiger partial charge in [-0.1, -0.05) is 35.9 Å². The summed E-state index contributed by atoms with van der Waals surface area (Å²) < 4.78 is 1.11. The highest BCUT2D eigenvalue weighted by molar-refractivity contribution is 7.21. The minimum Gasteiger partial charge on any atom is -0.325 e. The molecule has 1 atom stereocenters. The van der Waals surface area contributed by atoms with Crippen molar-refractivity contribution in [3.05, 3.63) is 113 Å². The van der Waals surface area contributed by atoms with Gasteiger partial charge in [0, 0.05) is 29.5 Å². The minimum absolute atomic E-state index is 0.0752. The number of benzene rings is 3. The van der Waals surface area contributed by atoms with E-state index >= 15 is 0 Å². The molecule has 1 aliphatic rings. The van der Waals surface area contributed by atoms with E-state index in [4.69, 9.17) is 16.6 Å². The molecule has 3 aromatic carbocycles. The van der Waals surface area contributed by atoms with E-state index in [1.165, 1.54) is 15.4 Å². The average molecular weight is 581 g/mol. The number of aromatic nitrogens is 2. The number of nitrogens with zero attached hydrogens (tertiary/aromatic N) is 4. The van der Waals surface area contributed by atoms with Gasteiger partial charge in [0.1, 0.15) is 11.0 Å². The molecule has 0 spiro atoms. The number of anilines is 1. The molecule has 3 amide bonds. The van der Waals surface area contributed by atoms with Crippen LogP contribution in [0.15, 0.2) is 91.3 Å². The normalized spacial score (nSPS) is 15.1. The van der Waals surface area contributed by atoms with E-state index in [9.17, 15) is 14.4 Å². The van der Waals surface area contributed by atoms with Crippen molar-refractivity contribution in [1.82, 2.24) is 14.9 Å². The standard InChI is InChI=1S/C32H25ClN4O3S/c1-20-4-13-26-28(15-20)41-31(35-26)23-7-11-25(12-8-23)37-30(39)17-27(32(37)40)36(19-22-3-2-14-34-18-22)29(38)16-21-5-9-24(33)10-6-21/h2-15,18,27H,16-17,19H2,1H3. The molecule has 1 aliphatic heterocycles. The summed E-state index contributed by atoms with van der Waals surface area (Å²) in [6, 6.07) is 23.1. The molecule has 0 N–H and O–H groups in total. The van der Waals surface area contributed by atoms with Crippen LogP contribution in [-0.2, 0) is 27.3 Å². The van der Waals surface area contributed by atoms with E-state index in [2.05, 4.69) is 11.1 Å². The zero-order chi connectivity index (χ0) is 28.5. The van der Waals surface area contributed by atoms with Crippen molar-refractivity contribution < 1.29 is 14.4 Å². The molecule has 2 aromatic heterocycles. The molecule has 1 fully saturated rings. The number of hydrogen-bond acceptors (Lipinski definition) is 6. The fourth-order valence-corrected chi connectivity index (χ4v) is 6.17. The lowest BCUT2D eigenvalue weighted by Crippen LogP contribution is -2.45. The van der Waals surface area contributed by atoms with E-state index < -0.39 is 11.9 Å². The predicted molar refractivity (Wildman–Crippen MR) is 161 cm³/mol. The van der Waals surface area contributed by atoms with Gasteiger partial charge in [0.2, 0.25) is 11.8 Å². The molecule has 1 saturated heterocycles. The summed E-state index contributed by atoms with van der Waals surface area (Å²) in [6.07, 6.45) is 3.29. The Hall–Kier alpha value is -4.40. The first-order valence-electron chi connectivity index (χ1n) is 13.1. The Bertz CT molecular complexity index is 1750. The van der Waals surface area contributed by atoms with Crippen LogP contribution < -0.4 is 4.90 Å². The molecule has 9 heteroatoms. The van der Waals surface area contributed by atoms with Gasteiger partial charge < -0.3 is 4.90 Å². The summed E-state index contributed by atoms with van der Waals surface area (Å²) in [5.74, 6) is -1.03. The molecular weight excluding hydrogens is 556 g/mol. The van der Waals surface area contributed by atoms with Crippen LogP contribution in [0, 0.1) is 6.92 Å². The van der Waals surface area contributed by atoms with Gasteiger partial charge in [0.15, 0.2) is 0 Å². The molecule has 0 radical (unpaired) electrons. The number of carbonyl (C=O) groups excluding carboxylic acids is 3. The topological polar surface area (TPSA) is 83.5 Å². The average Bonchev–Trinajstić information content (AvgIpc) is 3.53. The Morgan fingerprint density at radius 2 is 1.80 bits per heavy atom. The van der Waals surface area contributed by atoms with E-state index in [1.807, 2.05) is 37.3 Å². The Labute approximate surface area is 246 Å². The van der Waals surface area contributed by atoms with Crippen LogP contribution in [0.3, 0.4) is 0 Å². The Morgan fingerprint density at radius 3 is 2.54 bits per heavy atom. The fourth-order valence-electron chi connectivity index (χ4n) is 4.98. The highest BCUT2D eigenvalue weighted by atomic mass is 35.5. The van der Waals surface area contributed by atoms with Crippen LogP contribution in [0.4, 0.5) is 5.69 Å². The SMILES string of the molecule is Cc1ccc2nc(-c3ccc(N4C(=O)CC(N(Cc5cccnc5)C(=O)Cc5ccc(Cl)cc5)C4=O)cc3)sc2c1. The first-order chi connectivity index (χ1) is 19.9. The van der Waals surface area contributed by atoms with Gasteiger partial charge in [-0.3, -0.25) is 19.4 Å². The highest BCUT2D eigenvalue weighted by Gasteiger charge is 2.44. The van der Waals surface area contributed by atoms with Gasteiger partial charge in [-0.2, -0.15) is 0 Å². The number of amides is 3. The second-order valence-corrected chi connectivity index (χ2v) is 11.5. The molecule has 0 saturated carbocycles.